The fraction of sp³-hybridized carbons (Fsp3) is 0.429. The lowest BCUT2D eigenvalue weighted by atomic mass is 10.4. The van der Waals surface area contributed by atoms with E-state index >= 15 is 0 Å². The van der Waals surface area contributed by atoms with Crippen LogP contribution in [-0.2, 0) is 11.3 Å². The van der Waals surface area contributed by atoms with E-state index in [0.29, 0.717) is 6.61 Å². The number of hydrogen-bond acceptors (Lipinski definition) is 3. The average molecular weight is 186 g/mol. The van der Waals surface area contributed by atoms with Crippen molar-refractivity contribution in [3.8, 4) is 0 Å². The molecule has 1 N–H and O–H groups in total. The standard InChI is InChI=1S/C7H7FN2O3/c8-5-2-10(1-4-3-13-4)7(12)9-6(5)11/h2,4H,1,3H2,(H,9,11,12)/t4-/m1/s1. The van der Waals surface area contributed by atoms with Crippen molar-refractivity contribution in [3.05, 3.63) is 32.9 Å². The Morgan fingerprint density at radius 2 is 2.38 bits per heavy atom. The molecule has 5 nitrogen and oxygen atoms in total. The van der Waals surface area contributed by atoms with Crippen LogP contribution >= 0.6 is 0 Å². The van der Waals surface area contributed by atoms with Gasteiger partial charge in [0.25, 0.3) is 5.56 Å². The third-order valence-electron chi connectivity index (χ3n) is 1.77. The maximum atomic E-state index is 12.7. The highest BCUT2D eigenvalue weighted by atomic mass is 19.1. The van der Waals surface area contributed by atoms with Gasteiger partial charge in [-0.15, -0.1) is 0 Å². The van der Waals surface area contributed by atoms with Gasteiger partial charge in [-0.1, -0.05) is 0 Å². The summed E-state index contributed by atoms with van der Waals surface area (Å²) in [5.41, 5.74) is -1.60. The van der Waals surface area contributed by atoms with Crippen LogP contribution in [0.15, 0.2) is 15.8 Å². The summed E-state index contributed by atoms with van der Waals surface area (Å²) in [7, 11) is 0. The minimum atomic E-state index is -0.988. The zero-order valence-electron chi connectivity index (χ0n) is 6.62. The highest BCUT2D eigenvalue weighted by Crippen LogP contribution is 2.09. The second-order valence-corrected chi connectivity index (χ2v) is 2.84. The molecule has 0 saturated carbocycles. The van der Waals surface area contributed by atoms with Gasteiger partial charge in [0.2, 0.25) is 5.82 Å². The molecule has 1 aliphatic rings. The molecule has 1 atom stereocenters. The van der Waals surface area contributed by atoms with Crippen LogP contribution in [0.4, 0.5) is 4.39 Å². The number of halogens is 1. The van der Waals surface area contributed by atoms with Crippen LogP contribution in [-0.4, -0.2) is 22.3 Å². The second-order valence-electron chi connectivity index (χ2n) is 2.84. The molecule has 0 aliphatic carbocycles. The van der Waals surface area contributed by atoms with Gasteiger partial charge < -0.3 is 4.74 Å². The van der Waals surface area contributed by atoms with Crippen LogP contribution in [0, 0.1) is 5.82 Å². The SMILES string of the molecule is O=c1[nH]c(=O)n(C[C@@H]2CO2)cc1F. The molecule has 2 rings (SSSR count). The first-order valence-electron chi connectivity index (χ1n) is 3.77. The Balaban J connectivity index is 2.38. The van der Waals surface area contributed by atoms with Gasteiger partial charge >= 0.3 is 5.69 Å². The first-order valence-corrected chi connectivity index (χ1v) is 3.77. The first kappa shape index (κ1) is 8.18. The zero-order chi connectivity index (χ0) is 9.42. The Morgan fingerprint density at radius 3 is 3.00 bits per heavy atom. The van der Waals surface area contributed by atoms with Crippen LogP contribution in [0.1, 0.15) is 0 Å². The molecule has 6 heteroatoms. The molecule has 0 radical (unpaired) electrons. The number of nitrogens with zero attached hydrogens (tertiary/aromatic N) is 1. The Bertz CT molecular complexity index is 432. The Morgan fingerprint density at radius 1 is 1.69 bits per heavy atom. The zero-order valence-corrected chi connectivity index (χ0v) is 6.62. The Labute approximate surface area is 71.8 Å². The van der Waals surface area contributed by atoms with E-state index in [4.69, 9.17) is 4.74 Å². The van der Waals surface area contributed by atoms with Gasteiger partial charge in [0.15, 0.2) is 0 Å². The van der Waals surface area contributed by atoms with E-state index < -0.39 is 17.1 Å². The van der Waals surface area contributed by atoms with E-state index in [9.17, 15) is 14.0 Å². The lowest BCUT2D eigenvalue weighted by molar-refractivity contribution is 0.376. The molecule has 1 aliphatic heterocycles. The normalized spacial score (nSPS) is 20.2. The Hall–Kier alpha value is -1.43. The molecule has 0 amide bonds. The van der Waals surface area contributed by atoms with Crippen LogP contribution in [0.5, 0.6) is 0 Å². The molecular weight excluding hydrogens is 179 g/mol. The summed E-state index contributed by atoms with van der Waals surface area (Å²) in [6.45, 7) is 0.861. The molecule has 0 unspecified atom stereocenters. The smallest absolute Gasteiger partial charge is 0.328 e. The molecule has 1 aromatic heterocycles. The van der Waals surface area contributed by atoms with E-state index in [1.165, 1.54) is 0 Å². The number of aromatic nitrogens is 2. The van der Waals surface area contributed by atoms with E-state index in [1.807, 2.05) is 4.98 Å². The summed E-state index contributed by atoms with van der Waals surface area (Å²) in [5, 5.41) is 0. The van der Waals surface area contributed by atoms with E-state index in [2.05, 4.69) is 0 Å². The summed E-state index contributed by atoms with van der Waals surface area (Å²) in [4.78, 5) is 23.5. The molecule has 1 saturated heterocycles. The summed E-state index contributed by atoms with van der Waals surface area (Å²) in [6.07, 6.45) is 0.867. The van der Waals surface area contributed by atoms with Crippen molar-refractivity contribution in [1.82, 2.24) is 9.55 Å². The molecule has 1 aromatic rings. The number of nitrogens with one attached hydrogen (secondary N) is 1. The van der Waals surface area contributed by atoms with Crippen LogP contribution < -0.4 is 11.2 Å². The number of hydrogen-bond donors (Lipinski definition) is 1. The third-order valence-corrected chi connectivity index (χ3v) is 1.77. The highest BCUT2D eigenvalue weighted by Gasteiger charge is 2.23. The number of rotatable bonds is 2. The van der Waals surface area contributed by atoms with Crippen molar-refractivity contribution in [2.24, 2.45) is 0 Å². The van der Waals surface area contributed by atoms with Gasteiger partial charge in [0.05, 0.1) is 25.5 Å². The summed E-state index contributed by atoms with van der Waals surface area (Å²) in [6, 6.07) is 0. The molecular formula is C7H7FN2O3. The predicted octanol–water partition coefficient (Wildman–Crippen LogP) is -0.925. The molecule has 1 fully saturated rings. The van der Waals surface area contributed by atoms with Crippen molar-refractivity contribution in [3.63, 3.8) is 0 Å². The summed E-state index contributed by atoms with van der Waals surface area (Å²) < 4.78 is 18.6. The number of ether oxygens (including phenoxy) is 1. The lowest BCUT2D eigenvalue weighted by Crippen LogP contribution is -2.32. The van der Waals surface area contributed by atoms with Crippen molar-refractivity contribution >= 4 is 0 Å². The van der Waals surface area contributed by atoms with Gasteiger partial charge in [-0.2, -0.15) is 4.39 Å². The quantitative estimate of drug-likeness (QED) is 0.607. The number of epoxide rings is 1. The predicted molar refractivity (Wildman–Crippen MR) is 41.0 cm³/mol. The average Bonchev–Trinajstić information content (AvgIpc) is 2.84. The van der Waals surface area contributed by atoms with E-state index in [-0.39, 0.29) is 12.6 Å². The monoisotopic (exact) mass is 186 g/mol. The fourth-order valence-corrected chi connectivity index (χ4v) is 1.01. The van der Waals surface area contributed by atoms with Crippen LogP contribution in [0.25, 0.3) is 0 Å². The van der Waals surface area contributed by atoms with E-state index in [0.717, 1.165) is 10.8 Å². The second kappa shape index (κ2) is 2.81. The maximum Gasteiger partial charge on any atom is 0.328 e. The first-order chi connectivity index (χ1) is 6.16. The van der Waals surface area contributed by atoms with E-state index in [1.54, 1.807) is 0 Å². The lowest BCUT2D eigenvalue weighted by Gasteiger charge is -2.00. The topological polar surface area (TPSA) is 67.4 Å². The Kier molecular flexibility index (Phi) is 1.77. The van der Waals surface area contributed by atoms with Crippen molar-refractivity contribution in [1.29, 1.82) is 0 Å². The van der Waals surface area contributed by atoms with Crippen molar-refractivity contribution in [2.45, 2.75) is 12.6 Å². The fourth-order valence-electron chi connectivity index (χ4n) is 1.01. The van der Waals surface area contributed by atoms with Crippen molar-refractivity contribution < 1.29 is 9.13 Å². The molecule has 70 valence electrons. The maximum absolute atomic E-state index is 12.7. The minimum Gasteiger partial charge on any atom is -0.371 e. The van der Waals surface area contributed by atoms with Crippen molar-refractivity contribution in [2.75, 3.05) is 6.61 Å². The minimum absolute atomic E-state index is 0.0250. The van der Waals surface area contributed by atoms with Crippen LogP contribution in [0.3, 0.4) is 0 Å². The van der Waals surface area contributed by atoms with Gasteiger partial charge in [0, 0.05) is 0 Å². The van der Waals surface area contributed by atoms with Gasteiger partial charge in [0.1, 0.15) is 0 Å². The molecule has 13 heavy (non-hydrogen) atoms. The molecule has 0 bridgehead atoms. The van der Waals surface area contributed by atoms with Gasteiger partial charge in [-0.05, 0) is 0 Å². The number of H-pyrrole nitrogens is 1. The van der Waals surface area contributed by atoms with Crippen LogP contribution in [0.2, 0.25) is 0 Å². The highest BCUT2D eigenvalue weighted by molar-refractivity contribution is 4.88. The summed E-state index contributed by atoms with van der Waals surface area (Å²) >= 11 is 0. The number of aromatic amines is 1. The molecule has 0 aromatic carbocycles. The largest absolute Gasteiger partial charge is 0.371 e. The van der Waals surface area contributed by atoms with Gasteiger partial charge in [-0.25, -0.2) is 4.79 Å². The molecule has 2 heterocycles. The third kappa shape index (κ3) is 1.67. The van der Waals surface area contributed by atoms with Gasteiger partial charge in [-0.3, -0.25) is 14.3 Å². The summed E-state index contributed by atoms with van der Waals surface area (Å²) in [5.74, 6) is -0.958. The molecule has 0 spiro atoms.